The average molecular weight is 354 g/mol. The van der Waals surface area contributed by atoms with Gasteiger partial charge in [-0.1, -0.05) is 11.6 Å². The lowest BCUT2D eigenvalue weighted by atomic mass is 10.1. The van der Waals surface area contributed by atoms with Gasteiger partial charge in [0.25, 0.3) is 0 Å². The normalized spacial score (nSPS) is 10.9. The fourth-order valence-corrected chi connectivity index (χ4v) is 2.75. The summed E-state index contributed by atoms with van der Waals surface area (Å²) in [6.45, 7) is 2.46. The maximum atomic E-state index is 11.2. The first-order chi connectivity index (χ1) is 11.4. The van der Waals surface area contributed by atoms with Gasteiger partial charge in [-0.05, 0) is 13.0 Å². The van der Waals surface area contributed by atoms with Crippen molar-refractivity contribution in [1.29, 1.82) is 0 Å². The molecule has 1 aromatic carbocycles. The Labute approximate surface area is 145 Å². The van der Waals surface area contributed by atoms with Crippen molar-refractivity contribution in [1.82, 2.24) is 14.9 Å². The SMILES string of the molecule is COc1cc(Cl)cc(CN(CC(=O)O)Cc2cnc(C)[nH]2)c1OC. The molecule has 24 heavy (non-hydrogen) atoms. The number of benzene rings is 1. The van der Waals surface area contributed by atoms with Gasteiger partial charge in [0, 0.05) is 41.6 Å². The smallest absolute Gasteiger partial charge is 0.317 e. The molecule has 130 valence electrons. The van der Waals surface area contributed by atoms with Gasteiger partial charge in [-0.2, -0.15) is 0 Å². The van der Waals surface area contributed by atoms with E-state index in [1.807, 2.05) is 6.92 Å². The van der Waals surface area contributed by atoms with E-state index >= 15 is 0 Å². The molecule has 8 heteroatoms. The van der Waals surface area contributed by atoms with Crippen LogP contribution in [0.2, 0.25) is 5.02 Å². The number of aryl methyl sites for hydroxylation is 1. The first-order valence-electron chi connectivity index (χ1n) is 7.28. The number of imidazole rings is 1. The second kappa shape index (κ2) is 8.03. The lowest BCUT2D eigenvalue weighted by Crippen LogP contribution is -2.29. The molecule has 7 nitrogen and oxygen atoms in total. The van der Waals surface area contributed by atoms with Crippen molar-refractivity contribution in [3.8, 4) is 11.5 Å². The first-order valence-corrected chi connectivity index (χ1v) is 7.65. The number of H-pyrrole nitrogens is 1. The first kappa shape index (κ1) is 18.1. The van der Waals surface area contributed by atoms with E-state index < -0.39 is 5.97 Å². The molecule has 0 saturated carbocycles. The van der Waals surface area contributed by atoms with Crippen molar-refractivity contribution in [2.24, 2.45) is 0 Å². The molecule has 0 fully saturated rings. The number of hydrogen-bond acceptors (Lipinski definition) is 5. The summed E-state index contributed by atoms with van der Waals surface area (Å²) in [5.41, 5.74) is 1.58. The van der Waals surface area contributed by atoms with Crippen molar-refractivity contribution in [2.75, 3.05) is 20.8 Å². The molecule has 0 aliphatic heterocycles. The van der Waals surface area contributed by atoms with E-state index in [1.54, 1.807) is 23.2 Å². The average Bonchev–Trinajstić information content (AvgIpc) is 2.91. The minimum atomic E-state index is -0.917. The fraction of sp³-hybridized carbons (Fsp3) is 0.375. The maximum absolute atomic E-state index is 11.2. The van der Waals surface area contributed by atoms with Crippen molar-refractivity contribution >= 4 is 17.6 Å². The molecule has 0 aliphatic carbocycles. The van der Waals surface area contributed by atoms with Gasteiger partial charge in [-0.3, -0.25) is 9.69 Å². The summed E-state index contributed by atoms with van der Waals surface area (Å²) < 4.78 is 10.7. The van der Waals surface area contributed by atoms with E-state index in [4.69, 9.17) is 21.1 Å². The molecule has 0 saturated heterocycles. The standard InChI is InChI=1S/C16H20ClN3O4/c1-10-18-6-13(19-10)8-20(9-15(21)22)7-11-4-12(17)5-14(23-2)16(11)24-3/h4-6H,7-9H2,1-3H3,(H,18,19)(H,21,22). The van der Waals surface area contributed by atoms with Crippen LogP contribution in [0.15, 0.2) is 18.3 Å². The van der Waals surface area contributed by atoms with Crippen molar-refractivity contribution in [2.45, 2.75) is 20.0 Å². The Morgan fingerprint density at radius 3 is 2.62 bits per heavy atom. The third kappa shape index (κ3) is 4.62. The number of carbonyl (C=O) groups is 1. The van der Waals surface area contributed by atoms with Gasteiger partial charge in [-0.15, -0.1) is 0 Å². The molecule has 1 aromatic heterocycles. The number of hydrogen-bond donors (Lipinski definition) is 2. The largest absolute Gasteiger partial charge is 0.493 e. The van der Waals surface area contributed by atoms with Crippen LogP contribution in [0.1, 0.15) is 17.1 Å². The van der Waals surface area contributed by atoms with Gasteiger partial charge in [0.1, 0.15) is 5.82 Å². The molecular weight excluding hydrogens is 334 g/mol. The third-order valence-corrected chi connectivity index (χ3v) is 3.64. The highest BCUT2D eigenvalue weighted by Crippen LogP contribution is 2.35. The van der Waals surface area contributed by atoms with Crippen molar-refractivity contribution in [3.63, 3.8) is 0 Å². The number of halogens is 1. The Hall–Kier alpha value is -2.25. The molecule has 0 atom stereocenters. The number of carboxylic acid groups (broad SMARTS) is 1. The minimum absolute atomic E-state index is 0.129. The zero-order valence-corrected chi connectivity index (χ0v) is 14.6. The Bertz CT molecular complexity index is 717. The number of methoxy groups -OCH3 is 2. The second-order valence-electron chi connectivity index (χ2n) is 5.33. The summed E-state index contributed by atoms with van der Waals surface area (Å²) >= 11 is 6.12. The van der Waals surface area contributed by atoms with Gasteiger partial charge in [-0.25, -0.2) is 4.98 Å². The zero-order chi connectivity index (χ0) is 17.7. The van der Waals surface area contributed by atoms with E-state index in [9.17, 15) is 9.90 Å². The summed E-state index contributed by atoms with van der Waals surface area (Å²) in [5, 5.41) is 9.67. The summed E-state index contributed by atoms with van der Waals surface area (Å²) in [6, 6.07) is 3.40. The monoisotopic (exact) mass is 353 g/mol. The van der Waals surface area contributed by atoms with E-state index in [0.29, 0.717) is 29.6 Å². The number of aromatic nitrogens is 2. The Morgan fingerprint density at radius 1 is 1.33 bits per heavy atom. The van der Waals surface area contributed by atoms with Gasteiger partial charge >= 0.3 is 5.97 Å². The van der Waals surface area contributed by atoms with Crippen LogP contribution in [0.4, 0.5) is 0 Å². The molecule has 0 radical (unpaired) electrons. The van der Waals surface area contributed by atoms with Crippen LogP contribution in [0, 0.1) is 6.92 Å². The molecular formula is C16H20ClN3O4. The van der Waals surface area contributed by atoms with E-state index in [-0.39, 0.29) is 6.54 Å². The van der Waals surface area contributed by atoms with Crippen LogP contribution in [-0.2, 0) is 17.9 Å². The molecule has 2 rings (SSSR count). The number of nitrogens with one attached hydrogen (secondary N) is 1. The number of ether oxygens (including phenoxy) is 2. The molecule has 2 N–H and O–H groups in total. The number of carboxylic acids is 1. The molecule has 0 spiro atoms. The van der Waals surface area contributed by atoms with E-state index in [2.05, 4.69) is 9.97 Å². The Morgan fingerprint density at radius 2 is 2.08 bits per heavy atom. The summed E-state index contributed by atoms with van der Waals surface area (Å²) in [5.74, 6) is 0.909. The molecule has 0 aliphatic rings. The number of nitrogens with zero attached hydrogens (tertiary/aromatic N) is 2. The quantitative estimate of drug-likeness (QED) is 0.758. The molecule has 2 aromatic rings. The van der Waals surface area contributed by atoms with Crippen molar-refractivity contribution < 1.29 is 19.4 Å². The van der Waals surface area contributed by atoms with Crippen LogP contribution in [0.5, 0.6) is 11.5 Å². The highest BCUT2D eigenvalue weighted by molar-refractivity contribution is 6.30. The van der Waals surface area contributed by atoms with Crippen LogP contribution < -0.4 is 9.47 Å². The lowest BCUT2D eigenvalue weighted by Gasteiger charge is -2.22. The summed E-state index contributed by atoms with van der Waals surface area (Å²) in [4.78, 5) is 20.2. The van der Waals surface area contributed by atoms with E-state index in [0.717, 1.165) is 17.1 Å². The second-order valence-corrected chi connectivity index (χ2v) is 5.77. The lowest BCUT2D eigenvalue weighted by molar-refractivity contribution is -0.138. The van der Waals surface area contributed by atoms with Crippen molar-refractivity contribution in [3.05, 3.63) is 40.4 Å². The fourth-order valence-electron chi connectivity index (χ4n) is 2.52. The van der Waals surface area contributed by atoms with Crippen LogP contribution >= 0.6 is 11.6 Å². The highest BCUT2D eigenvalue weighted by Gasteiger charge is 2.18. The van der Waals surface area contributed by atoms with Crippen LogP contribution in [0.25, 0.3) is 0 Å². The van der Waals surface area contributed by atoms with Crippen LogP contribution in [-0.4, -0.2) is 46.7 Å². The molecule has 1 heterocycles. The molecule has 0 amide bonds. The van der Waals surface area contributed by atoms with Gasteiger partial charge in [0.2, 0.25) is 0 Å². The minimum Gasteiger partial charge on any atom is -0.493 e. The summed E-state index contributed by atoms with van der Waals surface area (Å²) in [6.07, 6.45) is 1.69. The predicted octanol–water partition coefficient (Wildman–Crippen LogP) is 2.48. The summed E-state index contributed by atoms with van der Waals surface area (Å²) in [7, 11) is 3.06. The van der Waals surface area contributed by atoms with E-state index in [1.165, 1.54) is 14.2 Å². The van der Waals surface area contributed by atoms with Gasteiger partial charge < -0.3 is 19.6 Å². The van der Waals surface area contributed by atoms with Gasteiger partial charge in [0.15, 0.2) is 11.5 Å². The van der Waals surface area contributed by atoms with Gasteiger partial charge in [0.05, 0.1) is 20.8 Å². The predicted molar refractivity (Wildman–Crippen MR) is 89.6 cm³/mol. The molecule has 0 bridgehead atoms. The number of rotatable bonds is 8. The molecule has 0 unspecified atom stereocenters. The maximum Gasteiger partial charge on any atom is 0.317 e. The third-order valence-electron chi connectivity index (χ3n) is 3.42. The Balaban J connectivity index is 2.28. The zero-order valence-electron chi connectivity index (χ0n) is 13.8. The number of aliphatic carboxylic acids is 1. The highest BCUT2D eigenvalue weighted by atomic mass is 35.5. The van der Waals surface area contributed by atoms with Crippen LogP contribution in [0.3, 0.4) is 0 Å². The topological polar surface area (TPSA) is 87.7 Å². The Kier molecular flexibility index (Phi) is 6.05. The number of aromatic amines is 1.